The lowest BCUT2D eigenvalue weighted by Gasteiger charge is -2.41. The van der Waals surface area contributed by atoms with Crippen molar-refractivity contribution < 1.29 is 28.9 Å². The molecule has 3 fully saturated rings. The van der Waals surface area contributed by atoms with Crippen molar-refractivity contribution in [2.75, 3.05) is 78.1 Å². The lowest BCUT2D eigenvalue weighted by atomic mass is 9.80. The first-order valence-electron chi connectivity index (χ1n) is 17.5. The molecule has 0 spiro atoms. The molecule has 3 atom stereocenters. The topological polar surface area (TPSA) is 122 Å². The molecule has 51 heavy (non-hydrogen) atoms. The highest BCUT2D eigenvalue weighted by molar-refractivity contribution is 5.98. The number of halogens is 2. The first-order chi connectivity index (χ1) is 23.8. The van der Waals surface area contributed by atoms with Gasteiger partial charge in [-0.2, -0.15) is 0 Å². The molecule has 1 aromatic heterocycles. The summed E-state index contributed by atoms with van der Waals surface area (Å²) < 4.78 is 19.4. The molecular formula is C37H52Cl2N6O6. The molecule has 14 heteroatoms. The molecule has 0 radical (unpaired) electrons. The molecule has 280 valence electrons. The average Bonchev–Trinajstić information content (AvgIpc) is 3.57. The van der Waals surface area contributed by atoms with Crippen LogP contribution in [0.1, 0.15) is 55.6 Å². The van der Waals surface area contributed by atoms with Gasteiger partial charge in [-0.15, -0.1) is 24.8 Å². The third-order valence-electron chi connectivity index (χ3n) is 10.3. The number of methoxy groups -OCH3 is 2. The van der Waals surface area contributed by atoms with Gasteiger partial charge in [-0.1, -0.05) is 43.2 Å². The van der Waals surface area contributed by atoms with Crippen LogP contribution in [0.4, 0.5) is 5.69 Å². The molecule has 1 aliphatic carbocycles. The Morgan fingerprint density at radius 1 is 1.00 bits per heavy atom. The minimum atomic E-state index is -1.05. The summed E-state index contributed by atoms with van der Waals surface area (Å²) in [5, 5.41) is 15.2. The van der Waals surface area contributed by atoms with Gasteiger partial charge in [0.2, 0.25) is 5.91 Å². The van der Waals surface area contributed by atoms with Crippen molar-refractivity contribution in [1.82, 2.24) is 24.7 Å². The van der Waals surface area contributed by atoms with E-state index in [2.05, 4.69) is 10.2 Å². The van der Waals surface area contributed by atoms with Crippen LogP contribution in [0.2, 0.25) is 0 Å². The van der Waals surface area contributed by atoms with Gasteiger partial charge in [0.1, 0.15) is 5.60 Å². The van der Waals surface area contributed by atoms with Gasteiger partial charge in [-0.05, 0) is 25.0 Å². The van der Waals surface area contributed by atoms with Crippen molar-refractivity contribution >= 4 is 42.3 Å². The number of piperazine rings is 2. The number of rotatable bonds is 11. The summed E-state index contributed by atoms with van der Waals surface area (Å²) in [6.45, 7) is 7.05. The van der Waals surface area contributed by atoms with E-state index in [1.54, 1.807) is 27.5 Å². The van der Waals surface area contributed by atoms with E-state index in [-0.39, 0.29) is 55.3 Å². The number of hydrogen-bond acceptors (Lipinski definition) is 9. The highest BCUT2D eigenvalue weighted by Crippen LogP contribution is 2.41. The van der Waals surface area contributed by atoms with Gasteiger partial charge in [0.15, 0.2) is 17.2 Å². The maximum Gasteiger partial charge on any atom is 0.275 e. The highest BCUT2D eigenvalue weighted by atomic mass is 35.5. The van der Waals surface area contributed by atoms with Gasteiger partial charge in [0.25, 0.3) is 5.91 Å². The zero-order valence-electron chi connectivity index (χ0n) is 29.8. The lowest BCUT2D eigenvalue weighted by Crippen LogP contribution is -2.54. The Hall–Kier alpha value is -3.55. The maximum atomic E-state index is 14.4. The Morgan fingerprint density at radius 3 is 2.47 bits per heavy atom. The van der Waals surface area contributed by atoms with Gasteiger partial charge < -0.3 is 43.9 Å². The van der Waals surface area contributed by atoms with E-state index in [0.717, 1.165) is 49.3 Å². The van der Waals surface area contributed by atoms with E-state index in [1.165, 1.54) is 0 Å². The number of carbonyl (C=O) groups excluding carboxylic acids is 2. The number of aromatic nitrogens is 2. The second-order valence-electron chi connectivity index (χ2n) is 13.3. The van der Waals surface area contributed by atoms with Crippen molar-refractivity contribution in [2.45, 2.75) is 56.7 Å². The second-order valence-corrected chi connectivity index (χ2v) is 13.3. The number of anilines is 1. The summed E-state index contributed by atoms with van der Waals surface area (Å²) in [4.78, 5) is 36.9. The van der Waals surface area contributed by atoms with E-state index in [0.29, 0.717) is 69.4 Å². The van der Waals surface area contributed by atoms with Crippen molar-refractivity contribution in [3.05, 3.63) is 60.6 Å². The van der Waals surface area contributed by atoms with Crippen LogP contribution in [-0.4, -0.2) is 121 Å². The lowest BCUT2D eigenvalue weighted by molar-refractivity contribution is -0.129. The molecule has 0 bridgehead atoms. The fourth-order valence-electron chi connectivity index (χ4n) is 7.64. The molecular weight excluding hydrogens is 695 g/mol. The summed E-state index contributed by atoms with van der Waals surface area (Å²) in [6.07, 6.45) is 5.67. The molecule has 2 saturated heterocycles. The normalized spacial score (nSPS) is 22.1. The highest BCUT2D eigenvalue weighted by Gasteiger charge is 2.42. The van der Waals surface area contributed by atoms with Gasteiger partial charge >= 0.3 is 0 Å². The molecule has 2 N–H and O–H groups in total. The van der Waals surface area contributed by atoms with Gasteiger partial charge in [0.05, 0.1) is 38.4 Å². The molecule has 2 aliphatic heterocycles. The number of carbonyl (C=O) groups is 2. The Labute approximate surface area is 313 Å². The van der Waals surface area contributed by atoms with Crippen molar-refractivity contribution in [1.29, 1.82) is 0 Å². The van der Waals surface area contributed by atoms with Crippen LogP contribution in [0.3, 0.4) is 0 Å². The SMILES string of the molecule is COC[C@]1(O)CCCC[C@H]1n1cnc(C(=O)N2CCNC[C@H]2CCOc2ccc(N3CCN(C(C)=O)CC3)cc2OC)c1-c1ccccc1.Cl.Cl. The smallest absolute Gasteiger partial charge is 0.275 e. The minimum Gasteiger partial charge on any atom is -0.493 e. The van der Waals surface area contributed by atoms with Crippen LogP contribution in [0.15, 0.2) is 54.9 Å². The fraction of sp³-hybridized carbons (Fsp3) is 0.541. The zero-order valence-corrected chi connectivity index (χ0v) is 31.4. The monoisotopic (exact) mass is 746 g/mol. The fourth-order valence-corrected chi connectivity index (χ4v) is 7.64. The van der Waals surface area contributed by atoms with Gasteiger partial charge in [-0.3, -0.25) is 9.59 Å². The second kappa shape index (κ2) is 18.3. The summed E-state index contributed by atoms with van der Waals surface area (Å²) in [6, 6.07) is 15.5. The Kier molecular flexibility index (Phi) is 14.4. The van der Waals surface area contributed by atoms with Crippen LogP contribution in [0, 0.1) is 0 Å². The number of ether oxygens (including phenoxy) is 3. The first-order valence-corrected chi connectivity index (χ1v) is 17.5. The number of amides is 2. The van der Waals surface area contributed by atoms with E-state index in [9.17, 15) is 14.7 Å². The predicted molar refractivity (Wildman–Crippen MR) is 202 cm³/mol. The van der Waals surface area contributed by atoms with E-state index >= 15 is 0 Å². The number of hydrogen-bond donors (Lipinski definition) is 2. The molecule has 0 unspecified atom stereocenters. The number of benzene rings is 2. The average molecular weight is 748 g/mol. The zero-order chi connectivity index (χ0) is 34.4. The Morgan fingerprint density at radius 2 is 1.76 bits per heavy atom. The molecule has 2 amide bonds. The van der Waals surface area contributed by atoms with Crippen molar-refractivity contribution in [3.8, 4) is 22.8 Å². The van der Waals surface area contributed by atoms with Crippen LogP contribution in [0.25, 0.3) is 11.3 Å². The third kappa shape index (κ3) is 8.92. The van der Waals surface area contributed by atoms with Gasteiger partial charge in [-0.25, -0.2) is 4.98 Å². The predicted octanol–water partition coefficient (Wildman–Crippen LogP) is 4.45. The standard InChI is InChI=1S/C37H50N6O6.2ClH/c1-27(44)40-18-20-41(21-19-40)29-12-13-31(32(23-29)48-3)49-22-14-30-24-38-16-17-42(30)36(45)34-35(28-9-5-4-6-10-28)43(26-39-34)33-11-7-8-15-37(33,46)25-47-2;;/h4-6,9-10,12-13,23,26,30,33,38,46H,7-8,11,14-22,24-25H2,1-3H3;2*1H/t30-,33-,37-;;/m1../s1. The third-order valence-corrected chi connectivity index (χ3v) is 10.3. The Balaban J connectivity index is 0.00000292. The molecule has 3 heterocycles. The minimum absolute atomic E-state index is 0. The van der Waals surface area contributed by atoms with Crippen LogP contribution in [-0.2, 0) is 9.53 Å². The van der Waals surface area contributed by atoms with Crippen LogP contribution >= 0.6 is 24.8 Å². The summed E-state index contributed by atoms with van der Waals surface area (Å²) in [5.74, 6) is 1.28. The maximum absolute atomic E-state index is 14.4. The molecule has 12 nitrogen and oxygen atoms in total. The largest absolute Gasteiger partial charge is 0.493 e. The number of nitrogens with zero attached hydrogens (tertiary/aromatic N) is 5. The summed E-state index contributed by atoms with van der Waals surface area (Å²) in [5.41, 5.74) is 2.00. The summed E-state index contributed by atoms with van der Waals surface area (Å²) in [7, 11) is 3.25. The van der Waals surface area contributed by atoms with Crippen molar-refractivity contribution in [3.63, 3.8) is 0 Å². The van der Waals surface area contributed by atoms with Gasteiger partial charge in [0, 0.05) is 89.6 Å². The number of nitrogens with one attached hydrogen (secondary N) is 1. The number of aliphatic hydroxyl groups is 1. The Bertz CT molecular complexity index is 1580. The molecule has 3 aliphatic rings. The molecule has 6 rings (SSSR count). The summed E-state index contributed by atoms with van der Waals surface area (Å²) >= 11 is 0. The number of imidazole rings is 1. The quantitative estimate of drug-likeness (QED) is 0.293. The van der Waals surface area contributed by atoms with Crippen molar-refractivity contribution in [2.24, 2.45) is 0 Å². The van der Waals surface area contributed by atoms with Crippen LogP contribution < -0.4 is 19.7 Å². The van der Waals surface area contributed by atoms with E-state index in [4.69, 9.17) is 19.2 Å². The molecule has 1 saturated carbocycles. The molecule has 2 aromatic carbocycles. The molecule has 3 aromatic rings. The van der Waals surface area contributed by atoms with Crippen LogP contribution in [0.5, 0.6) is 11.5 Å². The van der Waals surface area contributed by atoms with E-state index < -0.39 is 5.60 Å². The first kappa shape index (κ1) is 40.2. The van der Waals surface area contributed by atoms with E-state index in [1.807, 2.05) is 62.9 Å².